The molecule has 1 aliphatic carbocycles. The molecule has 0 bridgehead atoms. The van der Waals surface area contributed by atoms with Gasteiger partial charge in [-0.1, -0.05) is 55.5 Å². The summed E-state index contributed by atoms with van der Waals surface area (Å²) in [6.07, 6.45) is -0.442. The van der Waals surface area contributed by atoms with Gasteiger partial charge in [-0.25, -0.2) is 4.79 Å². The lowest BCUT2D eigenvalue weighted by Crippen LogP contribution is -2.51. The second-order valence-electron chi connectivity index (χ2n) is 9.76. The van der Waals surface area contributed by atoms with Gasteiger partial charge in [0.2, 0.25) is 5.91 Å². The standard InChI is InChI=1S/C27H34N2O6/c1-17(25(31)32)13-14-28-24(30)23(16-35-27(2,3)4)29-26(33)34-15-22-20-11-7-5-9-18(20)19-10-6-8-12-21(19)22/h5-12,17,22-23H,13-16H2,1-4H3,(H,28,30)(H,29,33)(H,31,32)/t17?,23-/m0/s1. The van der Waals surface area contributed by atoms with Gasteiger partial charge in [-0.15, -0.1) is 0 Å². The van der Waals surface area contributed by atoms with Gasteiger partial charge in [-0.3, -0.25) is 9.59 Å². The molecule has 2 amide bonds. The van der Waals surface area contributed by atoms with Crippen molar-refractivity contribution in [2.75, 3.05) is 19.8 Å². The summed E-state index contributed by atoms with van der Waals surface area (Å²) in [6.45, 7) is 7.38. The summed E-state index contributed by atoms with van der Waals surface area (Å²) in [5, 5.41) is 14.3. The summed E-state index contributed by atoms with van der Waals surface area (Å²) >= 11 is 0. The first-order valence-corrected chi connectivity index (χ1v) is 11.8. The van der Waals surface area contributed by atoms with E-state index >= 15 is 0 Å². The van der Waals surface area contributed by atoms with Crippen molar-refractivity contribution in [3.8, 4) is 11.1 Å². The van der Waals surface area contributed by atoms with Crippen molar-refractivity contribution in [2.45, 2.75) is 51.7 Å². The first kappa shape index (κ1) is 26.2. The number of carboxylic acids is 1. The predicted molar refractivity (Wildman–Crippen MR) is 132 cm³/mol. The van der Waals surface area contributed by atoms with Gasteiger partial charge in [0.1, 0.15) is 12.6 Å². The third kappa shape index (κ3) is 7.05. The molecule has 1 aliphatic rings. The Kier molecular flexibility index (Phi) is 8.51. The Balaban J connectivity index is 1.62. The van der Waals surface area contributed by atoms with Gasteiger partial charge in [0, 0.05) is 12.5 Å². The summed E-state index contributed by atoms with van der Waals surface area (Å²) in [4.78, 5) is 36.4. The van der Waals surface area contributed by atoms with Crippen LogP contribution in [0.3, 0.4) is 0 Å². The molecule has 0 radical (unpaired) electrons. The van der Waals surface area contributed by atoms with Crippen molar-refractivity contribution in [1.29, 1.82) is 0 Å². The Bertz CT molecular complexity index is 1020. The molecule has 1 unspecified atom stereocenters. The molecule has 188 valence electrons. The summed E-state index contributed by atoms with van der Waals surface area (Å²) in [7, 11) is 0. The first-order valence-electron chi connectivity index (χ1n) is 11.8. The normalized spacial score (nSPS) is 14.4. The van der Waals surface area contributed by atoms with Gasteiger partial charge < -0.3 is 25.2 Å². The Morgan fingerprint density at radius 1 is 1.00 bits per heavy atom. The number of amides is 2. The summed E-state index contributed by atoms with van der Waals surface area (Å²) in [5.41, 5.74) is 3.94. The van der Waals surface area contributed by atoms with E-state index < -0.39 is 35.5 Å². The molecule has 0 saturated heterocycles. The van der Waals surface area contributed by atoms with Gasteiger partial charge in [0.05, 0.1) is 18.1 Å². The number of ether oxygens (including phenoxy) is 2. The maximum absolute atomic E-state index is 12.7. The lowest BCUT2D eigenvalue weighted by Gasteiger charge is -2.25. The van der Waals surface area contributed by atoms with E-state index in [4.69, 9.17) is 14.6 Å². The van der Waals surface area contributed by atoms with Crippen LogP contribution < -0.4 is 10.6 Å². The number of aliphatic carboxylic acids is 1. The van der Waals surface area contributed by atoms with Gasteiger partial charge in [0.15, 0.2) is 0 Å². The number of rotatable bonds is 10. The first-order chi connectivity index (χ1) is 16.6. The number of carbonyl (C=O) groups is 3. The SMILES string of the molecule is CC(CCNC(=O)[C@H](COC(C)(C)C)NC(=O)OCC1c2ccccc2-c2ccccc21)C(=O)O. The molecule has 0 fully saturated rings. The Morgan fingerprint density at radius 3 is 2.11 bits per heavy atom. The maximum atomic E-state index is 12.7. The number of carbonyl (C=O) groups excluding carboxylic acids is 2. The van der Waals surface area contributed by atoms with Gasteiger partial charge in [-0.05, 0) is 49.4 Å². The van der Waals surface area contributed by atoms with Crippen LogP contribution in [0.25, 0.3) is 11.1 Å². The molecule has 8 heteroatoms. The third-order valence-corrected chi connectivity index (χ3v) is 5.93. The summed E-state index contributed by atoms with van der Waals surface area (Å²) < 4.78 is 11.3. The molecular formula is C27H34N2O6. The molecule has 35 heavy (non-hydrogen) atoms. The summed E-state index contributed by atoms with van der Waals surface area (Å²) in [5.74, 6) is -2.07. The number of hydrogen-bond donors (Lipinski definition) is 3. The molecule has 2 aromatic rings. The number of carboxylic acid groups (broad SMARTS) is 1. The van der Waals surface area contributed by atoms with E-state index in [0.717, 1.165) is 22.3 Å². The molecule has 3 rings (SSSR count). The number of hydrogen-bond acceptors (Lipinski definition) is 5. The predicted octanol–water partition coefficient (Wildman–Crippen LogP) is 3.94. The van der Waals surface area contributed by atoms with Crippen molar-refractivity contribution in [1.82, 2.24) is 10.6 Å². The van der Waals surface area contributed by atoms with Gasteiger partial charge in [0.25, 0.3) is 0 Å². The van der Waals surface area contributed by atoms with Crippen LogP contribution >= 0.6 is 0 Å². The number of nitrogens with one attached hydrogen (secondary N) is 2. The third-order valence-electron chi connectivity index (χ3n) is 5.93. The van der Waals surface area contributed by atoms with E-state index in [2.05, 4.69) is 22.8 Å². The fourth-order valence-electron chi connectivity index (χ4n) is 3.96. The number of alkyl carbamates (subject to hydrolysis) is 1. The highest BCUT2D eigenvalue weighted by Gasteiger charge is 2.30. The number of benzene rings is 2. The molecule has 2 atom stereocenters. The van der Waals surface area contributed by atoms with Gasteiger partial charge in [-0.2, -0.15) is 0 Å². The van der Waals surface area contributed by atoms with E-state index in [1.807, 2.05) is 57.2 Å². The molecule has 8 nitrogen and oxygen atoms in total. The lowest BCUT2D eigenvalue weighted by atomic mass is 9.98. The largest absolute Gasteiger partial charge is 0.481 e. The summed E-state index contributed by atoms with van der Waals surface area (Å²) in [6, 6.07) is 15.1. The average Bonchev–Trinajstić information content (AvgIpc) is 3.13. The van der Waals surface area contributed by atoms with Crippen molar-refractivity contribution in [3.63, 3.8) is 0 Å². The fraction of sp³-hybridized carbons (Fsp3) is 0.444. The van der Waals surface area contributed by atoms with E-state index in [1.54, 1.807) is 6.92 Å². The molecule has 3 N–H and O–H groups in total. The fourth-order valence-corrected chi connectivity index (χ4v) is 3.96. The zero-order valence-electron chi connectivity index (χ0n) is 20.7. The minimum absolute atomic E-state index is 0.0476. The van der Waals surface area contributed by atoms with Crippen LogP contribution in [-0.2, 0) is 19.1 Å². The number of fused-ring (bicyclic) bond motifs is 3. The molecule has 0 heterocycles. The second-order valence-corrected chi connectivity index (χ2v) is 9.76. The lowest BCUT2D eigenvalue weighted by molar-refractivity contribution is -0.141. The average molecular weight is 483 g/mol. The molecule has 0 saturated carbocycles. The molecular weight excluding hydrogens is 448 g/mol. The van der Waals surface area contributed by atoms with Crippen LogP contribution in [0.2, 0.25) is 0 Å². The maximum Gasteiger partial charge on any atom is 0.407 e. The van der Waals surface area contributed by atoms with Crippen LogP contribution in [0.5, 0.6) is 0 Å². The van der Waals surface area contributed by atoms with Crippen LogP contribution in [0.4, 0.5) is 4.79 Å². The van der Waals surface area contributed by atoms with E-state index in [9.17, 15) is 14.4 Å². The highest BCUT2D eigenvalue weighted by atomic mass is 16.5. The van der Waals surface area contributed by atoms with Crippen molar-refractivity contribution >= 4 is 18.0 Å². The Morgan fingerprint density at radius 2 is 1.57 bits per heavy atom. The van der Waals surface area contributed by atoms with Gasteiger partial charge >= 0.3 is 12.1 Å². The quantitative estimate of drug-likeness (QED) is 0.473. The molecule has 0 aromatic heterocycles. The van der Waals surface area contributed by atoms with Crippen LogP contribution in [0.1, 0.15) is 51.2 Å². The minimum atomic E-state index is -0.981. The topological polar surface area (TPSA) is 114 Å². The molecule has 0 spiro atoms. The van der Waals surface area contributed by atoms with Crippen LogP contribution in [0.15, 0.2) is 48.5 Å². The van der Waals surface area contributed by atoms with Crippen LogP contribution in [-0.4, -0.2) is 54.5 Å². The van der Waals surface area contributed by atoms with Crippen molar-refractivity contribution in [2.24, 2.45) is 5.92 Å². The van der Waals surface area contributed by atoms with E-state index in [1.165, 1.54) is 0 Å². The smallest absolute Gasteiger partial charge is 0.407 e. The van der Waals surface area contributed by atoms with E-state index in [0.29, 0.717) is 0 Å². The highest BCUT2D eigenvalue weighted by molar-refractivity contribution is 5.86. The van der Waals surface area contributed by atoms with Crippen LogP contribution in [0, 0.1) is 5.92 Å². The Labute approximate surface area is 206 Å². The highest BCUT2D eigenvalue weighted by Crippen LogP contribution is 2.44. The Hall–Kier alpha value is -3.39. The van der Waals surface area contributed by atoms with Crippen molar-refractivity contribution < 1.29 is 29.0 Å². The second kappa shape index (κ2) is 11.4. The molecule has 2 aromatic carbocycles. The zero-order chi connectivity index (χ0) is 25.6. The van der Waals surface area contributed by atoms with E-state index in [-0.39, 0.29) is 32.1 Å². The molecule has 0 aliphatic heterocycles. The monoisotopic (exact) mass is 482 g/mol. The van der Waals surface area contributed by atoms with Crippen molar-refractivity contribution in [3.05, 3.63) is 59.7 Å². The zero-order valence-corrected chi connectivity index (χ0v) is 20.7. The minimum Gasteiger partial charge on any atom is -0.481 e.